The van der Waals surface area contributed by atoms with E-state index < -0.39 is 45.9 Å². The van der Waals surface area contributed by atoms with Gasteiger partial charge in [0.1, 0.15) is 10.6 Å². The Labute approximate surface area is 273 Å². The van der Waals surface area contributed by atoms with Gasteiger partial charge in [-0.05, 0) is 67.6 Å². The Bertz CT molecular complexity index is 2150. The van der Waals surface area contributed by atoms with E-state index >= 15 is 0 Å². The molecule has 0 atom stereocenters. The molecule has 20 heteroatoms. The van der Waals surface area contributed by atoms with Crippen molar-refractivity contribution in [2.75, 3.05) is 18.1 Å². The van der Waals surface area contributed by atoms with Crippen LogP contribution in [0.4, 0.5) is 17.1 Å². The zero-order valence-electron chi connectivity index (χ0n) is 24.4. The van der Waals surface area contributed by atoms with E-state index in [2.05, 4.69) is 19.6 Å². The van der Waals surface area contributed by atoms with Gasteiger partial charge in [0.05, 0.1) is 38.8 Å². The van der Waals surface area contributed by atoms with Gasteiger partial charge >= 0.3 is 10.1 Å². The average Bonchev–Trinajstić information content (AvgIpc) is 2.98. The molecule has 0 saturated carbocycles. The van der Waals surface area contributed by atoms with Gasteiger partial charge in [0.15, 0.2) is 5.75 Å². The number of anilines is 1. The lowest BCUT2D eigenvalue weighted by Crippen LogP contribution is -2.11. The number of rotatable bonds is 14. The van der Waals surface area contributed by atoms with Crippen molar-refractivity contribution >= 4 is 70.2 Å². The van der Waals surface area contributed by atoms with Crippen LogP contribution in [0.15, 0.2) is 85.6 Å². The smallest absolute Gasteiger partial charge is 0.339 e. The summed E-state index contributed by atoms with van der Waals surface area (Å²) in [6.07, 6.45) is 0.465. The summed E-state index contributed by atoms with van der Waals surface area (Å²) >= 11 is 0.841. The van der Waals surface area contributed by atoms with Crippen molar-refractivity contribution in [3.05, 3.63) is 71.8 Å². The third-order valence-electron chi connectivity index (χ3n) is 6.35. The van der Waals surface area contributed by atoms with Gasteiger partial charge in [0.2, 0.25) is 0 Å². The number of ether oxygens (including phenoxy) is 1. The Morgan fingerprint density at radius 2 is 1.40 bits per heavy atom. The molecular formula is C27H27N3O13S4. The lowest BCUT2D eigenvalue weighted by atomic mass is 10.1. The molecule has 0 aromatic heterocycles. The molecule has 0 aliphatic heterocycles. The molecule has 5 N–H and O–H groups in total. The number of fused-ring (bicyclic) bond motifs is 1. The molecule has 0 radical (unpaired) electrons. The van der Waals surface area contributed by atoms with Crippen LogP contribution in [-0.4, -0.2) is 52.0 Å². The second-order valence-corrected chi connectivity index (χ2v) is 15.0. The van der Waals surface area contributed by atoms with Crippen molar-refractivity contribution < 1.29 is 57.9 Å². The zero-order valence-corrected chi connectivity index (χ0v) is 27.7. The Balaban J connectivity index is 1.87. The summed E-state index contributed by atoms with van der Waals surface area (Å²) in [5.74, 6) is -0.0196. The minimum Gasteiger partial charge on any atom is -0.491 e. The highest BCUT2D eigenvalue weighted by atomic mass is 32.2. The first-order valence-electron chi connectivity index (χ1n) is 13.1. The van der Waals surface area contributed by atoms with Gasteiger partial charge in [-0.15, -0.1) is 9.45 Å². The first-order chi connectivity index (χ1) is 22.0. The lowest BCUT2D eigenvalue weighted by Gasteiger charge is -2.14. The Morgan fingerprint density at radius 1 is 0.787 bits per heavy atom. The van der Waals surface area contributed by atoms with Crippen LogP contribution in [0, 0.1) is 13.8 Å². The molecule has 47 heavy (non-hydrogen) atoms. The van der Waals surface area contributed by atoms with Crippen LogP contribution in [0.5, 0.6) is 11.5 Å². The molecule has 0 unspecified atom stereocenters. The second-order valence-electron chi connectivity index (χ2n) is 9.81. The van der Waals surface area contributed by atoms with Gasteiger partial charge in [0, 0.05) is 29.9 Å². The average molecular weight is 730 g/mol. The topological polar surface area (TPSA) is 251 Å². The van der Waals surface area contributed by atoms with Crippen LogP contribution in [0.25, 0.3) is 10.8 Å². The second kappa shape index (κ2) is 14.5. The number of azo groups is 1. The molecule has 4 aromatic carbocycles. The van der Waals surface area contributed by atoms with Gasteiger partial charge in [0.25, 0.3) is 20.2 Å². The molecule has 0 fully saturated rings. The van der Waals surface area contributed by atoms with Gasteiger partial charge in [-0.3, -0.25) is 9.11 Å². The fourth-order valence-corrected chi connectivity index (χ4v) is 6.46. The maximum atomic E-state index is 13.2. The lowest BCUT2D eigenvalue weighted by molar-refractivity contribution is -0.432. The highest BCUT2D eigenvalue weighted by molar-refractivity contribution is 7.94. The van der Waals surface area contributed by atoms with Crippen molar-refractivity contribution in [1.29, 1.82) is 0 Å². The minimum atomic E-state index is -4.98. The summed E-state index contributed by atoms with van der Waals surface area (Å²) in [6, 6.07) is 11.8. The molecule has 16 nitrogen and oxygen atoms in total. The molecular weight excluding hydrogens is 703 g/mol. The fourth-order valence-electron chi connectivity index (χ4n) is 4.11. The number of nitrogens with zero attached hydrogens (tertiary/aromatic N) is 2. The molecule has 4 rings (SSSR count). The summed E-state index contributed by atoms with van der Waals surface area (Å²) in [6.45, 7) is 3.55. The van der Waals surface area contributed by atoms with Crippen molar-refractivity contribution in [2.45, 2.75) is 35.0 Å². The fraction of sp³-hybridized carbons (Fsp3) is 0.185. The van der Waals surface area contributed by atoms with Gasteiger partial charge in [-0.25, -0.2) is 5.26 Å². The monoisotopic (exact) mass is 729 g/mol. The third-order valence-corrected chi connectivity index (χ3v) is 9.87. The van der Waals surface area contributed by atoms with Crippen LogP contribution in [0.3, 0.4) is 0 Å². The van der Waals surface area contributed by atoms with Crippen LogP contribution >= 0.6 is 12.0 Å². The van der Waals surface area contributed by atoms with Crippen LogP contribution in [-0.2, 0) is 39.7 Å². The Kier molecular flexibility index (Phi) is 11.1. The number of hydrogen-bond donors (Lipinski definition) is 4. The van der Waals surface area contributed by atoms with E-state index in [4.69, 9.17) is 19.9 Å². The van der Waals surface area contributed by atoms with E-state index in [1.807, 2.05) is 0 Å². The normalized spacial score (nSPS) is 12.5. The van der Waals surface area contributed by atoms with Crippen molar-refractivity contribution in [3.63, 3.8) is 0 Å². The van der Waals surface area contributed by atoms with E-state index in [-0.39, 0.29) is 45.1 Å². The predicted molar refractivity (Wildman–Crippen MR) is 170 cm³/mol. The molecule has 0 saturated heterocycles. The standard InChI is InChI=1S/C27H27N3O13S4/c1-16-4-6-19(7-5-16)47(38,39)41-26-14-21(46(35,36)37)12-18-11-20(45(32,33)34)13-24(27(18)26)30-29-23-15-25(22(28)10-17(23)2)40-8-3-9-44-43-42-31/h4-7,10-15,31H,3,8-9,28H2,1-2H3,(H,32,33,34)(H,35,36,37). The summed E-state index contributed by atoms with van der Waals surface area (Å²) < 4.78 is 110. The SMILES string of the molecule is Cc1ccc(S(=O)(=O)Oc2cc(S(=O)(=O)O)cc3cc(S(=O)(=O)O)cc(N=Nc4cc(OCCCSOOO)c(N)cc4C)c23)cc1. The Hall–Kier alpha value is -3.86. The number of benzene rings is 4. The van der Waals surface area contributed by atoms with Gasteiger partial charge in [-0.1, -0.05) is 22.7 Å². The largest absolute Gasteiger partial charge is 0.491 e. The summed E-state index contributed by atoms with van der Waals surface area (Å²) in [5.41, 5.74) is 7.42. The first-order valence-corrected chi connectivity index (χ1v) is 18.3. The van der Waals surface area contributed by atoms with Gasteiger partial charge in [-0.2, -0.15) is 30.4 Å². The molecule has 0 aliphatic rings. The van der Waals surface area contributed by atoms with E-state index in [1.54, 1.807) is 13.8 Å². The predicted octanol–water partition coefficient (Wildman–Crippen LogP) is 5.55. The first kappa shape index (κ1) is 36.0. The van der Waals surface area contributed by atoms with Crippen LogP contribution in [0.2, 0.25) is 0 Å². The molecule has 0 spiro atoms. The third kappa shape index (κ3) is 9.15. The zero-order chi connectivity index (χ0) is 34.6. The number of hydrogen-bond acceptors (Lipinski definition) is 15. The number of nitrogens with two attached hydrogens (primary N) is 1. The number of nitrogen functional groups attached to an aromatic ring is 1. The van der Waals surface area contributed by atoms with Crippen LogP contribution in [0.1, 0.15) is 17.5 Å². The van der Waals surface area contributed by atoms with Crippen molar-refractivity contribution in [3.8, 4) is 11.5 Å². The van der Waals surface area contributed by atoms with Crippen LogP contribution < -0.4 is 14.7 Å². The minimum absolute atomic E-state index is 0.179. The Morgan fingerprint density at radius 3 is 2.02 bits per heavy atom. The molecule has 0 heterocycles. The maximum Gasteiger partial charge on any atom is 0.339 e. The molecule has 4 aromatic rings. The molecule has 252 valence electrons. The van der Waals surface area contributed by atoms with E-state index in [0.717, 1.165) is 41.9 Å². The maximum absolute atomic E-state index is 13.2. The summed E-state index contributed by atoms with van der Waals surface area (Å²) in [5, 5.41) is 19.5. The van der Waals surface area contributed by atoms with Gasteiger partial charge < -0.3 is 14.7 Å². The summed E-state index contributed by atoms with van der Waals surface area (Å²) in [7, 11) is -14.5. The molecule has 0 bridgehead atoms. The van der Waals surface area contributed by atoms with E-state index in [0.29, 0.717) is 17.7 Å². The molecule has 0 amide bonds. The van der Waals surface area contributed by atoms with Crippen molar-refractivity contribution in [2.24, 2.45) is 10.2 Å². The quantitative estimate of drug-likeness (QED) is 0.0181. The number of aryl methyl sites for hydroxylation is 2. The summed E-state index contributed by atoms with van der Waals surface area (Å²) in [4.78, 5) is -1.87. The van der Waals surface area contributed by atoms with E-state index in [1.165, 1.54) is 36.4 Å². The highest BCUT2D eigenvalue weighted by Gasteiger charge is 2.25. The van der Waals surface area contributed by atoms with Crippen molar-refractivity contribution in [1.82, 2.24) is 0 Å². The highest BCUT2D eigenvalue weighted by Crippen LogP contribution is 2.41. The molecule has 0 aliphatic carbocycles. The van der Waals surface area contributed by atoms with E-state index in [9.17, 15) is 34.4 Å².